The summed E-state index contributed by atoms with van der Waals surface area (Å²) in [7, 11) is 0. The molecule has 0 fully saturated rings. The summed E-state index contributed by atoms with van der Waals surface area (Å²) in [5.41, 5.74) is 4.03. The Morgan fingerprint density at radius 2 is 1.95 bits per heavy atom. The van der Waals surface area contributed by atoms with E-state index in [9.17, 15) is 4.79 Å². The average Bonchev–Trinajstić information content (AvgIpc) is 2.50. The third-order valence-corrected chi connectivity index (χ3v) is 3.30. The first kappa shape index (κ1) is 15.0. The standard InChI is InChI=1S/C17H21N3O/c1-3-19-16-5-4-15(12-13(16)2)17(21)20-11-8-14-6-9-18-10-7-14/h4-7,9-10,12,19H,3,8,11H2,1-2H3,(H,20,21). The number of hydrogen-bond donors (Lipinski definition) is 2. The summed E-state index contributed by atoms with van der Waals surface area (Å²) < 4.78 is 0. The minimum atomic E-state index is -0.0322. The number of carbonyl (C=O) groups excluding carboxylic acids is 1. The van der Waals surface area contributed by atoms with Gasteiger partial charge in [0.05, 0.1) is 0 Å². The van der Waals surface area contributed by atoms with E-state index in [4.69, 9.17) is 0 Å². The van der Waals surface area contributed by atoms with Gasteiger partial charge in [-0.3, -0.25) is 9.78 Å². The van der Waals surface area contributed by atoms with Crippen LogP contribution >= 0.6 is 0 Å². The third-order valence-electron chi connectivity index (χ3n) is 3.30. The maximum Gasteiger partial charge on any atom is 0.251 e. The van der Waals surface area contributed by atoms with Gasteiger partial charge in [-0.25, -0.2) is 0 Å². The van der Waals surface area contributed by atoms with Gasteiger partial charge in [-0.1, -0.05) is 0 Å². The second-order valence-electron chi connectivity index (χ2n) is 4.92. The molecule has 2 rings (SSSR count). The number of carbonyl (C=O) groups is 1. The highest BCUT2D eigenvalue weighted by Crippen LogP contribution is 2.16. The van der Waals surface area contributed by atoms with Gasteiger partial charge < -0.3 is 10.6 Å². The topological polar surface area (TPSA) is 54.0 Å². The van der Waals surface area contributed by atoms with Gasteiger partial charge in [0.15, 0.2) is 0 Å². The summed E-state index contributed by atoms with van der Waals surface area (Å²) in [4.78, 5) is 16.1. The Kier molecular flexibility index (Phi) is 5.32. The number of pyridine rings is 1. The fraction of sp³-hybridized carbons (Fsp3) is 0.294. The van der Waals surface area contributed by atoms with E-state index in [1.54, 1.807) is 12.4 Å². The summed E-state index contributed by atoms with van der Waals surface area (Å²) in [6, 6.07) is 9.65. The van der Waals surface area contributed by atoms with Crippen molar-refractivity contribution in [3.05, 3.63) is 59.4 Å². The zero-order chi connectivity index (χ0) is 15.1. The molecule has 4 heteroatoms. The minimum Gasteiger partial charge on any atom is -0.385 e. The second-order valence-corrected chi connectivity index (χ2v) is 4.92. The highest BCUT2D eigenvalue weighted by molar-refractivity contribution is 5.94. The number of benzene rings is 1. The van der Waals surface area contributed by atoms with Crippen LogP contribution in [0.1, 0.15) is 28.4 Å². The summed E-state index contributed by atoms with van der Waals surface area (Å²) in [6.07, 6.45) is 4.34. The Bertz CT molecular complexity index is 596. The van der Waals surface area contributed by atoms with E-state index < -0.39 is 0 Å². The number of nitrogens with zero attached hydrogens (tertiary/aromatic N) is 1. The lowest BCUT2D eigenvalue weighted by Crippen LogP contribution is -2.25. The molecule has 0 saturated heterocycles. The molecule has 21 heavy (non-hydrogen) atoms. The van der Waals surface area contributed by atoms with E-state index in [1.165, 1.54) is 5.56 Å². The minimum absolute atomic E-state index is 0.0322. The smallest absolute Gasteiger partial charge is 0.251 e. The predicted molar refractivity (Wildman–Crippen MR) is 85.6 cm³/mol. The van der Waals surface area contributed by atoms with Crippen molar-refractivity contribution in [1.29, 1.82) is 0 Å². The Hall–Kier alpha value is -2.36. The molecule has 2 aromatic rings. The highest BCUT2D eigenvalue weighted by atomic mass is 16.1. The predicted octanol–water partition coefficient (Wildman–Crippen LogP) is 2.79. The quantitative estimate of drug-likeness (QED) is 0.857. The average molecular weight is 283 g/mol. The number of anilines is 1. The normalized spacial score (nSPS) is 10.2. The summed E-state index contributed by atoms with van der Waals surface area (Å²) >= 11 is 0. The molecule has 0 saturated carbocycles. The molecule has 0 atom stereocenters. The van der Waals surface area contributed by atoms with Crippen molar-refractivity contribution in [2.24, 2.45) is 0 Å². The molecule has 0 unspecified atom stereocenters. The fourth-order valence-electron chi connectivity index (χ4n) is 2.17. The van der Waals surface area contributed by atoms with Crippen LogP contribution in [0.25, 0.3) is 0 Å². The van der Waals surface area contributed by atoms with Crippen molar-refractivity contribution in [3.8, 4) is 0 Å². The zero-order valence-electron chi connectivity index (χ0n) is 12.5. The van der Waals surface area contributed by atoms with Gasteiger partial charge in [-0.2, -0.15) is 0 Å². The molecular formula is C17H21N3O. The molecule has 0 aliphatic rings. The van der Waals surface area contributed by atoms with E-state index in [0.29, 0.717) is 12.1 Å². The van der Waals surface area contributed by atoms with E-state index in [2.05, 4.69) is 22.5 Å². The first-order valence-electron chi connectivity index (χ1n) is 7.22. The molecule has 1 aromatic carbocycles. The number of amides is 1. The van der Waals surface area contributed by atoms with E-state index in [1.807, 2.05) is 37.3 Å². The van der Waals surface area contributed by atoms with Crippen LogP contribution in [0, 0.1) is 6.92 Å². The lowest BCUT2D eigenvalue weighted by atomic mass is 10.1. The van der Waals surface area contributed by atoms with Gasteiger partial charge in [-0.05, 0) is 61.7 Å². The lowest BCUT2D eigenvalue weighted by molar-refractivity contribution is 0.0954. The fourth-order valence-corrected chi connectivity index (χ4v) is 2.17. The van der Waals surface area contributed by atoms with Crippen LogP contribution in [0.15, 0.2) is 42.7 Å². The van der Waals surface area contributed by atoms with Gasteiger partial charge in [0.1, 0.15) is 0 Å². The van der Waals surface area contributed by atoms with Crippen molar-refractivity contribution < 1.29 is 4.79 Å². The highest BCUT2D eigenvalue weighted by Gasteiger charge is 2.07. The Morgan fingerprint density at radius 3 is 2.62 bits per heavy atom. The van der Waals surface area contributed by atoms with Crippen molar-refractivity contribution in [3.63, 3.8) is 0 Å². The number of hydrogen-bond acceptors (Lipinski definition) is 3. The van der Waals surface area contributed by atoms with Crippen molar-refractivity contribution in [2.45, 2.75) is 20.3 Å². The van der Waals surface area contributed by atoms with Crippen LogP contribution in [-0.4, -0.2) is 24.0 Å². The molecule has 4 nitrogen and oxygen atoms in total. The molecule has 2 N–H and O–H groups in total. The van der Waals surface area contributed by atoms with Crippen molar-refractivity contribution in [1.82, 2.24) is 10.3 Å². The van der Waals surface area contributed by atoms with Crippen LogP contribution in [0.4, 0.5) is 5.69 Å². The van der Waals surface area contributed by atoms with Gasteiger partial charge >= 0.3 is 0 Å². The Morgan fingerprint density at radius 1 is 1.19 bits per heavy atom. The molecule has 1 aromatic heterocycles. The SMILES string of the molecule is CCNc1ccc(C(=O)NCCc2ccncc2)cc1C. The molecule has 0 radical (unpaired) electrons. The molecule has 0 aliphatic heterocycles. The van der Waals surface area contributed by atoms with Crippen LogP contribution in [-0.2, 0) is 6.42 Å². The van der Waals surface area contributed by atoms with Gasteiger partial charge in [0, 0.05) is 36.7 Å². The Labute approximate surface area is 125 Å². The van der Waals surface area contributed by atoms with Crippen LogP contribution in [0.3, 0.4) is 0 Å². The zero-order valence-corrected chi connectivity index (χ0v) is 12.5. The molecule has 0 bridgehead atoms. The van der Waals surface area contributed by atoms with Gasteiger partial charge in [0.2, 0.25) is 0 Å². The summed E-state index contributed by atoms with van der Waals surface area (Å²) in [5.74, 6) is -0.0322. The van der Waals surface area contributed by atoms with E-state index in [0.717, 1.165) is 24.2 Å². The van der Waals surface area contributed by atoms with Crippen LogP contribution in [0.2, 0.25) is 0 Å². The number of nitrogens with one attached hydrogen (secondary N) is 2. The largest absolute Gasteiger partial charge is 0.385 e. The summed E-state index contributed by atoms with van der Waals surface area (Å²) in [5, 5.41) is 6.22. The van der Waals surface area contributed by atoms with Crippen molar-refractivity contribution >= 4 is 11.6 Å². The molecule has 0 spiro atoms. The first-order valence-corrected chi connectivity index (χ1v) is 7.22. The third kappa shape index (κ3) is 4.31. The molecule has 0 aliphatic carbocycles. The van der Waals surface area contributed by atoms with Crippen LogP contribution < -0.4 is 10.6 Å². The maximum absolute atomic E-state index is 12.1. The molecule has 1 heterocycles. The molecule has 1 amide bonds. The van der Waals surface area contributed by atoms with Gasteiger partial charge in [-0.15, -0.1) is 0 Å². The first-order chi connectivity index (χ1) is 10.2. The van der Waals surface area contributed by atoms with E-state index in [-0.39, 0.29) is 5.91 Å². The monoisotopic (exact) mass is 283 g/mol. The maximum atomic E-state index is 12.1. The van der Waals surface area contributed by atoms with Gasteiger partial charge in [0.25, 0.3) is 5.91 Å². The number of rotatable bonds is 6. The lowest BCUT2D eigenvalue weighted by Gasteiger charge is -2.10. The number of aromatic nitrogens is 1. The second kappa shape index (κ2) is 7.43. The van der Waals surface area contributed by atoms with Crippen molar-refractivity contribution in [2.75, 3.05) is 18.4 Å². The number of aryl methyl sites for hydroxylation is 1. The van der Waals surface area contributed by atoms with E-state index >= 15 is 0 Å². The summed E-state index contributed by atoms with van der Waals surface area (Å²) in [6.45, 7) is 5.56. The van der Waals surface area contributed by atoms with Crippen LogP contribution in [0.5, 0.6) is 0 Å². The molecular weight excluding hydrogens is 262 g/mol. The Balaban J connectivity index is 1.90. The molecule has 110 valence electrons.